The highest BCUT2D eigenvalue weighted by Gasteiger charge is 2.26. The first-order valence-corrected chi connectivity index (χ1v) is 11.3. The van der Waals surface area contributed by atoms with Crippen LogP contribution in [0.15, 0.2) is 47.4 Å². The molecular formula is C21H22ClN3O3S. The predicted octanol–water partition coefficient (Wildman–Crippen LogP) is 4.22. The molecule has 8 heteroatoms. The number of carbonyl (C=O) groups is 1. The Kier molecular flexibility index (Phi) is 6.91. The zero-order chi connectivity index (χ0) is 20.9. The van der Waals surface area contributed by atoms with Crippen LogP contribution in [0.5, 0.6) is 0 Å². The number of hydrogen-bond acceptors (Lipinski definition) is 4. The Hall–Kier alpha value is -2.40. The number of sulfonamides is 1. The summed E-state index contributed by atoms with van der Waals surface area (Å²) < 4.78 is 27.5. The van der Waals surface area contributed by atoms with Crippen LogP contribution in [0.2, 0.25) is 5.02 Å². The van der Waals surface area contributed by atoms with Crippen molar-refractivity contribution >= 4 is 33.2 Å². The van der Waals surface area contributed by atoms with Gasteiger partial charge in [0.05, 0.1) is 28.0 Å². The van der Waals surface area contributed by atoms with E-state index in [4.69, 9.17) is 16.9 Å². The number of amides is 1. The largest absolute Gasteiger partial charge is 0.322 e. The first-order chi connectivity index (χ1) is 13.9. The molecule has 1 heterocycles. The van der Waals surface area contributed by atoms with Crippen molar-refractivity contribution in [1.82, 2.24) is 4.31 Å². The van der Waals surface area contributed by atoms with Crippen molar-refractivity contribution in [1.29, 1.82) is 5.26 Å². The van der Waals surface area contributed by atoms with E-state index in [0.29, 0.717) is 18.8 Å². The van der Waals surface area contributed by atoms with E-state index in [1.807, 2.05) is 0 Å². The number of anilines is 1. The Morgan fingerprint density at radius 1 is 1.07 bits per heavy atom. The summed E-state index contributed by atoms with van der Waals surface area (Å²) in [5.74, 6) is -0.490. The summed E-state index contributed by atoms with van der Waals surface area (Å²) in [7, 11) is -3.68. The summed E-state index contributed by atoms with van der Waals surface area (Å²) in [6, 6.07) is 13.2. The lowest BCUT2D eigenvalue weighted by molar-refractivity contribution is 0.102. The van der Waals surface area contributed by atoms with E-state index in [1.165, 1.54) is 22.5 Å². The molecule has 29 heavy (non-hydrogen) atoms. The number of nitriles is 1. The molecule has 0 spiro atoms. The van der Waals surface area contributed by atoms with Gasteiger partial charge in [-0.2, -0.15) is 9.57 Å². The van der Waals surface area contributed by atoms with Crippen molar-refractivity contribution in [3.05, 3.63) is 58.6 Å². The Morgan fingerprint density at radius 2 is 1.72 bits per heavy atom. The van der Waals surface area contributed by atoms with E-state index in [9.17, 15) is 13.2 Å². The molecule has 1 fully saturated rings. The Bertz CT molecular complexity index is 1020. The van der Waals surface area contributed by atoms with Crippen molar-refractivity contribution in [2.24, 2.45) is 0 Å². The summed E-state index contributed by atoms with van der Waals surface area (Å²) in [4.78, 5) is 12.8. The van der Waals surface area contributed by atoms with E-state index >= 15 is 0 Å². The second kappa shape index (κ2) is 9.40. The third kappa shape index (κ3) is 5.15. The third-order valence-corrected chi connectivity index (χ3v) is 7.10. The first-order valence-electron chi connectivity index (χ1n) is 9.49. The molecule has 0 bridgehead atoms. The second-order valence-corrected chi connectivity index (χ2v) is 9.29. The smallest absolute Gasteiger partial charge is 0.257 e. The quantitative estimate of drug-likeness (QED) is 0.767. The lowest BCUT2D eigenvalue weighted by Crippen LogP contribution is -2.32. The van der Waals surface area contributed by atoms with Crippen LogP contribution in [0.25, 0.3) is 0 Å². The van der Waals surface area contributed by atoms with Gasteiger partial charge < -0.3 is 5.32 Å². The third-order valence-electron chi connectivity index (χ3n) is 4.88. The average molecular weight is 432 g/mol. The maximum Gasteiger partial charge on any atom is 0.257 e. The average Bonchev–Trinajstić information content (AvgIpc) is 3.00. The summed E-state index contributed by atoms with van der Waals surface area (Å²) in [6.45, 7) is 0.975. The van der Waals surface area contributed by atoms with Gasteiger partial charge in [0, 0.05) is 18.8 Å². The molecule has 3 rings (SSSR count). The van der Waals surface area contributed by atoms with Crippen LogP contribution in [0.1, 0.15) is 41.6 Å². The molecule has 0 saturated carbocycles. The van der Waals surface area contributed by atoms with Gasteiger partial charge in [-0.15, -0.1) is 0 Å². The van der Waals surface area contributed by atoms with Gasteiger partial charge in [-0.1, -0.05) is 36.6 Å². The number of hydrogen-bond donors (Lipinski definition) is 1. The zero-order valence-electron chi connectivity index (χ0n) is 15.9. The lowest BCUT2D eigenvalue weighted by atomic mass is 10.1. The van der Waals surface area contributed by atoms with Gasteiger partial charge in [-0.3, -0.25) is 4.79 Å². The van der Waals surface area contributed by atoms with E-state index in [1.54, 1.807) is 24.3 Å². The minimum atomic E-state index is -3.68. The second-order valence-electron chi connectivity index (χ2n) is 6.95. The van der Waals surface area contributed by atoms with Crippen LogP contribution in [0.4, 0.5) is 5.69 Å². The maximum atomic E-state index is 13.0. The number of rotatable bonds is 5. The summed E-state index contributed by atoms with van der Waals surface area (Å²) >= 11 is 6.18. The lowest BCUT2D eigenvalue weighted by Gasteiger charge is -2.20. The molecule has 0 aromatic heterocycles. The zero-order valence-corrected chi connectivity index (χ0v) is 17.5. The van der Waals surface area contributed by atoms with Crippen molar-refractivity contribution in [2.45, 2.75) is 37.0 Å². The minimum Gasteiger partial charge on any atom is -0.322 e. The summed E-state index contributed by atoms with van der Waals surface area (Å²) in [5.41, 5.74) is 1.48. The number of benzene rings is 2. The Morgan fingerprint density at radius 3 is 2.34 bits per heavy atom. The van der Waals surface area contributed by atoms with Gasteiger partial charge in [0.2, 0.25) is 10.0 Å². The number of halogens is 1. The molecule has 1 N–H and O–H groups in total. The monoisotopic (exact) mass is 431 g/mol. The molecule has 6 nitrogen and oxygen atoms in total. The van der Waals surface area contributed by atoms with Crippen molar-refractivity contribution < 1.29 is 13.2 Å². The van der Waals surface area contributed by atoms with E-state index in [0.717, 1.165) is 31.2 Å². The number of nitrogens with one attached hydrogen (secondary N) is 1. The molecule has 152 valence electrons. The van der Waals surface area contributed by atoms with Crippen LogP contribution in [0, 0.1) is 11.3 Å². The fourth-order valence-corrected chi connectivity index (χ4v) is 5.01. The predicted molar refractivity (Wildman–Crippen MR) is 112 cm³/mol. The normalized spacial score (nSPS) is 15.3. The molecule has 2 aromatic carbocycles. The highest BCUT2D eigenvalue weighted by molar-refractivity contribution is 7.89. The molecule has 1 aliphatic heterocycles. The summed E-state index contributed by atoms with van der Waals surface area (Å²) in [5, 5.41) is 11.6. The van der Waals surface area contributed by atoms with Gasteiger partial charge in [0.25, 0.3) is 5.91 Å². The fourth-order valence-electron chi connectivity index (χ4n) is 3.27. The Labute approximate surface area is 176 Å². The molecule has 1 amide bonds. The van der Waals surface area contributed by atoms with Gasteiger partial charge in [0.15, 0.2) is 0 Å². The standard InChI is InChI=1S/C21H22ClN3O3S/c22-20-10-9-18(29(27,28)25-13-3-1-2-4-14-25)15-19(20)21(26)24-17-7-5-16(6-8-17)11-12-23/h5-10,15H,1-4,11,13-14H2,(H,24,26). The van der Waals surface area contributed by atoms with Crippen LogP contribution in [-0.4, -0.2) is 31.7 Å². The molecule has 0 aliphatic carbocycles. The number of nitrogens with zero attached hydrogens (tertiary/aromatic N) is 2. The molecule has 1 saturated heterocycles. The number of carbonyl (C=O) groups excluding carboxylic acids is 1. The molecular weight excluding hydrogens is 410 g/mol. The van der Waals surface area contributed by atoms with E-state index in [-0.39, 0.29) is 21.9 Å². The van der Waals surface area contributed by atoms with Gasteiger partial charge in [0.1, 0.15) is 0 Å². The maximum absolute atomic E-state index is 13.0. The Balaban J connectivity index is 1.82. The van der Waals surface area contributed by atoms with E-state index < -0.39 is 15.9 Å². The van der Waals surface area contributed by atoms with Crippen LogP contribution in [-0.2, 0) is 16.4 Å². The fraction of sp³-hybridized carbons (Fsp3) is 0.333. The van der Waals surface area contributed by atoms with Gasteiger partial charge in [-0.25, -0.2) is 8.42 Å². The summed E-state index contributed by atoms with van der Waals surface area (Å²) in [6.07, 6.45) is 4.00. The molecule has 0 atom stereocenters. The minimum absolute atomic E-state index is 0.0679. The van der Waals surface area contributed by atoms with Crippen molar-refractivity contribution in [3.8, 4) is 6.07 Å². The molecule has 1 aliphatic rings. The highest BCUT2D eigenvalue weighted by atomic mass is 35.5. The van der Waals surface area contributed by atoms with Crippen molar-refractivity contribution in [3.63, 3.8) is 0 Å². The first kappa shape index (κ1) is 21.3. The molecule has 0 radical (unpaired) electrons. The van der Waals surface area contributed by atoms with Crippen LogP contribution in [0.3, 0.4) is 0 Å². The van der Waals surface area contributed by atoms with Crippen molar-refractivity contribution in [2.75, 3.05) is 18.4 Å². The van der Waals surface area contributed by atoms with Gasteiger partial charge >= 0.3 is 0 Å². The van der Waals surface area contributed by atoms with Crippen LogP contribution >= 0.6 is 11.6 Å². The van der Waals surface area contributed by atoms with Gasteiger partial charge in [-0.05, 0) is 48.7 Å². The highest BCUT2D eigenvalue weighted by Crippen LogP contribution is 2.25. The van der Waals surface area contributed by atoms with Crippen LogP contribution < -0.4 is 5.32 Å². The topological polar surface area (TPSA) is 90.3 Å². The van der Waals surface area contributed by atoms with E-state index in [2.05, 4.69) is 11.4 Å². The SMILES string of the molecule is N#CCc1ccc(NC(=O)c2cc(S(=O)(=O)N3CCCCCC3)ccc2Cl)cc1. The molecule has 2 aromatic rings. The molecule has 0 unspecified atom stereocenters.